The van der Waals surface area contributed by atoms with Crippen molar-refractivity contribution in [2.75, 3.05) is 31.2 Å². The third-order valence-electron chi connectivity index (χ3n) is 2.32. The van der Waals surface area contributed by atoms with Gasteiger partial charge in [-0.3, -0.25) is 0 Å². The van der Waals surface area contributed by atoms with Crippen molar-refractivity contribution in [3.8, 4) is 0 Å². The molecule has 0 spiro atoms. The lowest BCUT2D eigenvalue weighted by Crippen LogP contribution is -2.34. The SMILES string of the molecule is CCNS(=O)(=O)CCNS(=O)(=O)c1ncccc1NC. The summed E-state index contributed by atoms with van der Waals surface area (Å²) in [4.78, 5) is 3.79. The first-order chi connectivity index (χ1) is 9.32. The van der Waals surface area contributed by atoms with Crippen LogP contribution in [0.15, 0.2) is 23.4 Å². The minimum atomic E-state index is -3.86. The van der Waals surface area contributed by atoms with E-state index >= 15 is 0 Å². The van der Waals surface area contributed by atoms with E-state index < -0.39 is 20.0 Å². The van der Waals surface area contributed by atoms with E-state index in [1.165, 1.54) is 6.20 Å². The Morgan fingerprint density at radius 1 is 1.20 bits per heavy atom. The molecule has 1 rings (SSSR count). The first-order valence-corrected chi connectivity index (χ1v) is 9.05. The van der Waals surface area contributed by atoms with Crippen LogP contribution in [-0.4, -0.2) is 47.7 Å². The third-order valence-corrected chi connectivity index (χ3v) is 5.21. The molecule has 1 aromatic rings. The van der Waals surface area contributed by atoms with Crippen molar-refractivity contribution in [1.29, 1.82) is 0 Å². The maximum absolute atomic E-state index is 12.0. The Morgan fingerprint density at radius 2 is 1.90 bits per heavy atom. The van der Waals surface area contributed by atoms with Gasteiger partial charge >= 0.3 is 0 Å². The zero-order chi connectivity index (χ0) is 15.2. The van der Waals surface area contributed by atoms with Crippen LogP contribution in [0.4, 0.5) is 5.69 Å². The van der Waals surface area contributed by atoms with Gasteiger partial charge in [-0.05, 0) is 12.1 Å². The normalized spacial score (nSPS) is 12.3. The molecule has 1 heterocycles. The fourth-order valence-electron chi connectivity index (χ4n) is 1.47. The number of pyridine rings is 1. The molecule has 0 radical (unpaired) electrons. The number of nitrogens with one attached hydrogen (secondary N) is 3. The molecule has 0 aliphatic heterocycles. The fourth-order valence-corrected chi connectivity index (χ4v) is 3.72. The van der Waals surface area contributed by atoms with Crippen molar-refractivity contribution >= 4 is 25.7 Å². The molecule has 0 aliphatic carbocycles. The molecule has 8 nitrogen and oxygen atoms in total. The molecule has 3 N–H and O–H groups in total. The van der Waals surface area contributed by atoms with Crippen LogP contribution in [0.3, 0.4) is 0 Å². The van der Waals surface area contributed by atoms with Crippen LogP contribution in [0.2, 0.25) is 0 Å². The van der Waals surface area contributed by atoms with Gasteiger partial charge in [0.25, 0.3) is 10.0 Å². The van der Waals surface area contributed by atoms with Gasteiger partial charge in [-0.25, -0.2) is 31.3 Å². The van der Waals surface area contributed by atoms with Crippen LogP contribution >= 0.6 is 0 Å². The van der Waals surface area contributed by atoms with Crippen molar-refractivity contribution < 1.29 is 16.8 Å². The molecule has 0 fully saturated rings. The Morgan fingerprint density at radius 3 is 2.50 bits per heavy atom. The predicted molar refractivity (Wildman–Crippen MR) is 76.4 cm³/mol. The average Bonchev–Trinajstić information content (AvgIpc) is 2.38. The van der Waals surface area contributed by atoms with Crippen molar-refractivity contribution in [3.63, 3.8) is 0 Å². The van der Waals surface area contributed by atoms with Gasteiger partial charge in [0.15, 0.2) is 5.03 Å². The second kappa shape index (κ2) is 6.97. The van der Waals surface area contributed by atoms with E-state index in [2.05, 4.69) is 19.7 Å². The Hall–Kier alpha value is -1.23. The van der Waals surface area contributed by atoms with Crippen molar-refractivity contribution in [2.24, 2.45) is 0 Å². The average molecular weight is 322 g/mol. The van der Waals surface area contributed by atoms with Gasteiger partial charge in [0.05, 0.1) is 11.4 Å². The monoisotopic (exact) mass is 322 g/mol. The Kier molecular flexibility index (Phi) is 5.87. The van der Waals surface area contributed by atoms with Gasteiger partial charge in [0.2, 0.25) is 10.0 Å². The topological polar surface area (TPSA) is 117 Å². The Labute approximate surface area is 119 Å². The smallest absolute Gasteiger partial charge is 0.260 e. The van der Waals surface area contributed by atoms with Crippen molar-refractivity contribution in [2.45, 2.75) is 11.9 Å². The number of nitrogens with zero attached hydrogens (tertiary/aromatic N) is 1. The lowest BCUT2D eigenvalue weighted by atomic mass is 10.4. The van der Waals surface area contributed by atoms with Gasteiger partial charge in [-0.15, -0.1) is 0 Å². The van der Waals surface area contributed by atoms with Gasteiger partial charge in [0.1, 0.15) is 0 Å². The minimum absolute atomic E-state index is 0.164. The molecule has 10 heteroatoms. The van der Waals surface area contributed by atoms with Gasteiger partial charge in [-0.2, -0.15) is 0 Å². The number of rotatable bonds is 8. The maximum atomic E-state index is 12.0. The highest BCUT2D eigenvalue weighted by molar-refractivity contribution is 7.90. The van der Waals surface area contributed by atoms with E-state index in [9.17, 15) is 16.8 Å². The predicted octanol–water partition coefficient (Wildman–Crippen LogP) is -0.659. The molecule has 0 unspecified atom stereocenters. The summed E-state index contributed by atoms with van der Waals surface area (Å²) in [5.74, 6) is -0.332. The molecule has 0 saturated carbocycles. The summed E-state index contributed by atoms with van der Waals surface area (Å²) < 4.78 is 51.4. The molecule has 0 atom stereocenters. The molecule has 0 bridgehead atoms. The highest BCUT2D eigenvalue weighted by atomic mass is 32.2. The number of hydrogen-bond acceptors (Lipinski definition) is 6. The summed E-state index contributed by atoms with van der Waals surface area (Å²) in [6.07, 6.45) is 1.35. The molecule has 0 saturated heterocycles. The second-order valence-corrected chi connectivity index (χ2v) is 7.43. The van der Waals surface area contributed by atoms with Crippen molar-refractivity contribution in [3.05, 3.63) is 18.3 Å². The quantitative estimate of drug-likeness (QED) is 0.585. The first-order valence-electron chi connectivity index (χ1n) is 5.92. The number of sulfonamides is 2. The Balaban J connectivity index is 2.77. The van der Waals surface area contributed by atoms with E-state index in [4.69, 9.17) is 0 Å². The summed E-state index contributed by atoms with van der Waals surface area (Å²) in [7, 11) is -5.75. The highest BCUT2D eigenvalue weighted by Gasteiger charge is 2.20. The van der Waals surface area contributed by atoms with Crippen molar-refractivity contribution in [1.82, 2.24) is 14.4 Å². The lowest BCUT2D eigenvalue weighted by molar-refractivity contribution is 0.574. The molecule has 20 heavy (non-hydrogen) atoms. The van der Waals surface area contributed by atoms with Crippen LogP contribution in [-0.2, 0) is 20.0 Å². The number of hydrogen-bond donors (Lipinski definition) is 3. The summed E-state index contributed by atoms with van der Waals surface area (Å²) in [6, 6.07) is 3.16. The number of anilines is 1. The Bertz CT molecular complexity index is 643. The van der Waals surface area contributed by atoms with Crippen LogP contribution in [0.5, 0.6) is 0 Å². The van der Waals surface area contributed by atoms with Crippen LogP contribution in [0, 0.1) is 0 Å². The zero-order valence-corrected chi connectivity index (χ0v) is 12.9. The molecular weight excluding hydrogens is 304 g/mol. The summed E-state index contributed by atoms with van der Waals surface area (Å²) in [5.41, 5.74) is 0.342. The molecule has 1 aromatic heterocycles. The van der Waals surface area contributed by atoms with Gasteiger partial charge in [-0.1, -0.05) is 6.92 Å². The molecular formula is C10H18N4O4S2. The van der Waals surface area contributed by atoms with E-state index in [0.29, 0.717) is 5.69 Å². The molecule has 0 aromatic carbocycles. The van der Waals surface area contributed by atoms with Crippen LogP contribution < -0.4 is 14.8 Å². The maximum Gasteiger partial charge on any atom is 0.260 e. The molecule has 0 amide bonds. The van der Waals surface area contributed by atoms with Crippen LogP contribution in [0.1, 0.15) is 6.92 Å². The summed E-state index contributed by atoms with van der Waals surface area (Å²) >= 11 is 0. The van der Waals surface area contributed by atoms with E-state index in [-0.39, 0.29) is 23.9 Å². The molecule has 114 valence electrons. The van der Waals surface area contributed by atoms with E-state index in [1.807, 2.05) is 0 Å². The third kappa shape index (κ3) is 4.71. The van der Waals surface area contributed by atoms with E-state index in [1.54, 1.807) is 26.1 Å². The van der Waals surface area contributed by atoms with Gasteiger partial charge < -0.3 is 5.32 Å². The van der Waals surface area contributed by atoms with E-state index in [0.717, 1.165) is 0 Å². The lowest BCUT2D eigenvalue weighted by Gasteiger charge is -2.10. The fraction of sp³-hybridized carbons (Fsp3) is 0.500. The largest absolute Gasteiger partial charge is 0.386 e. The number of aromatic nitrogens is 1. The second-order valence-electron chi connectivity index (χ2n) is 3.82. The standard InChI is InChI=1S/C10H18N4O4S2/c1-3-13-19(15,16)8-7-14-20(17,18)10-9(11-2)5-4-6-12-10/h4-6,11,13-14H,3,7-8H2,1-2H3. The first kappa shape index (κ1) is 16.8. The minimum Gasteiger partial charge on any atom is -0.386 e. The zero-order valence-electron chi connectivity index (χ0n) is 11.3. The molecule has 0 aliphatic rings. The highest BCUT2D eigenvalue weighted by Crippen LogP contribution is 2.16. The van der Waals surface area contributed by atoms with Crippen LogP contribution in [0.25, 0.3) is 0 Å². The summed E-state index contributed by atoms with van der Waals surface area (Å²) in [6.45, 7) is 1.69. The summed E-state index contributed by atoms with van der Waals surface area (Å²) in [5, 5.41) is 2.55. The van der Waals surface area contributed by atoms with Gasteiger partial charge in [0, 0.05) is 26.3 Å².